The zero-order valence-electron chi connectivity index (χ0n) is 10.5. The molecular weight excluding hydrogens is 259 g/mol. The average Bonchev–Trinajstić information content (AvgIpc) is 2.14. The lowest BCUT2D eigenvalue weighted by molar-refractivity contribution is -0.282. The lowest BCUT2D eigenvalue weighted by Gasteiger charge is -2.20. The van der Waals surface area contributed by atoms with E-state index in [1.165, 1.54) is 6.92 Å². The lowest BCUT2D eigenvalue weighted by atomic mass is 10.0. The number of alkyl halides is 5. The minimum absolute atomic E-state index is 0.262. The minimum Gasteiger partial charge on any atom is -0.458 e. The van der Waals surface area contributed by atoms with Crippen molar-refractivity contribution in [2.24, 2.45) is 5.92 Å². The Bertz CT molecular complexity index is 273. The van der Waals surface area contributed by atoms with Crippen molar-refractivity contribution in [3.63, 3.8) is 0 Å². The van der Waals surface area contributed by atoms with Gasteiger partial charge in [0.15, 0.2) is 0 Å². The van der Waals surface area contributed by atoms with Gasteiger partial charge in [-0.15, -0.1) is 0 Å². The topological polar surface area (TPSA) is 26.3 Å². The number of carbonyl (C=O) groups excluding carboxylic acids is 1. The number of hydrogen-bond donors (Lipinski definition) is 0. The molecule has 0 radical (unpaired) electrons. The quantitative estimate of drug-likeness (QED) is 0.542. The van der Waals surface area contributed by atoms with Crippen LogP contribution in [0.5, 0.6) is 0 Å². The van der Waals surface area contributed by atoms with E-state index < -0.39 is 24.2 Å². The molecule has 0 N–H and O–H groups in total. The molecule has 0 bridgehead atoms. The predicted octanol–water partition coefficient (Wildman–Crippen LogP) is 3.94. The van der Waals surface area contributed by atoms with E-state index in [9.17, 15) is 26.7 Å². The van der Waals surface area contributed by atoms with E-state index in [0.717, 1.165) is 6.42 Å². The van der Waals surface area contributed by atoms with E-state index in [2.05, 4.69) is 4.74 Å². The second kappa shape index (κ2) is 6.33. The Balaban J connectivity index is 4.23. The van der Waals surface area contributed by atoms with E-state index >= 15 is 0 Å². The molecule has 7 heteroatoms. The van der Waals surface area contributed by atoms with Crippen molar-refractivity contribution < 1.29 is 31.5 Å². The predicted molar refractivity (Wildman–Crippen MR) is 55.2 cm³/mol. The summed E-state index contributed by atoms with van der Waals surface area (Å²) in [4.78, 5) is 10.7. The molecule has 1 unspecified atom stereocenters. The fourth-order valence-corrected chi connectivity index (χ4v) is 1.24. The highest BCUT2D eigenvalue weighted by Crippen LogP contribution is 2.36. The zero-order valence-corrected chi connectivity index (χ0v) is 10.5. The molecule has 2 nitrogen and oxygen atoms in total. The van der Waals surface area contributed by atoms with Gasteiger partial charge in [0.2, 0.25) is 0 Å². The van der Waals surface area contributed by atoms with Crippen molar-refractivity contribution in [2.45, 2.75) is 58.2 Å². The molecule has 1 atom stereocenters. The van der Waals surface area contributed by atoms with E-state index in [1.54, 1.807) is 0 Å². The summed E-state index contributed by atoms with van der Waals surface area (Å²) < 4.78 is 64.7. The minimum atomic E-state index is -5.91. The third-order valence-corrected chi connectivity index (χ3v) is 2.31. The van der Waals surface area contributed by atoms with E-state index in [4.69, 9.17) is 0 Å². The summed E-state index contributed by atoms with van der Waals surface area (Å²) in [6.07, 6.45) is -5.22. The standard InChI is InChI=1S/C11H17F5O2/c1-7(2)5-4-6-8(3)18-9(17)10(12,13)11(14,15)16/h7-8H,4-6H2,1-3H3. The van der Waals surface area contributed by atoms with E-state index in [-0.39, 0.29) is 6.42 Å². The normalized spacial score (nSPS) is 14.7. The molecule has 0 saturated heterocycles. The summed E-state index contributed by atoms with van der Waals surface area (Å²) in [7, 11) is 0. The van der Waals surface area contributed by atoms with Gasteiger partial charge in [0.05, 0.1) is 6.10 Å². The summed E-state index contributed by atoms with van der Waals surface area (Å²) in [5, 5.41) is 0. The van der Waals surface area contributed by atoms with Gasteiger partial charge in [-0.1, -0.05) is 20.3 Å². The van der Waals surface area contributed by atoms with Crippen LogP contribution in [0.3, 0.4) is 0 Å². The van der Waals surface area contributed by atoms with Gasteiger partial charge in [-0.25, -0.2) is 4.79 Å². The molecular formula is C11H17F5O2. The van der Waals surface area contributed by atoms with Crippen molar-refractivity contribution >= 4 is 5.97 Å². The van der Waals surface area contributed by atoms with E-state index in [1.807, 2.05) is 13.8 Å². The van der Waals surface area contributed by atoms with Crippen LogP contribution in [0.1, 0.15) is 40.0 Å². The summed E-state index contributed by atoms with van der Waals surface area (Å²) in [5.74, 6) is -7.59. The molecule has 0 rings (SSSR count). The maximum Gasteiger partial charge on any atom is 0.465 e. The number of ether oxygens (including phenoxy) is 1. The highest BCUT2D eigenvalue weighted by Gasteiger charge is 2.65. The molecule has 0 aromatic heterocycles. The van der Waals surface area contributed by atoms with Crippen LogP contribution in [-0.4, -0.2) is 24.2 Å². The molecule has 0 spiro atoms. The Kier molecular flexibility index (Phi) is 6.02. The summed E-state index contributed by atoms with van der Waals surface area (Å²) in [5.41, 5.74) is 0. The van der Waals surface area contributed by atoms with Crippen molar-refractivity contribution in [3.05, 3.63) is 0 Å². The van der Waals surface area contributed by atoms with Crippen molar-refractivity contribution in [1.82, 2.24) is 0 Å². The molecule has 0 aliphatic rings. The van der Waals surface area contributed by atoms with Crippen LogP contribution >= 0.6 is 0 Å². The van der Waals surface area contributed by atoms with Gasteiger partial charge in [-0.05, 0) is 25.7 Å². The smallest absolute Gasteiger partial charge is 0.458 e. The molecule has 0 fully saturated rings. The van der Waals surface area contributed by atoms with Gasteiger partial charge in [0.1, 0.15) is 0 Å². The van der Waals surface area contributed by atoms with Crippen molar-refractivity contribution in [2.75, 3.05) is 0 Å². The van der Waals surface area contributed by atoms with Gasteiger partial charge >= 0.3 is 18.1 Å². The van der Waals surface area contributed by atoms with Crippen molar-refractivity contribution in [3.8, 4) is 0 Å². The zero-order chi connectivity index (χ0) is 14.6. The van der Waals surface area contributed by atoms with Crippen LogP contribution in [0.15, 0.2) is 0 Å². The number of halogens is 5. The Morgan fingerprint density at radius 2 is 1.56 bits per heavy atom. The average molecular weight is 276 g/mol. The molecule has 0 saturated carbocycles. The van der Waals surface area contributed by atoms with E-state index in [0.29, 0.717) is 12.3 Å². The van der Waals surface area contributed by atoms with Crippen LogP contribution in [0.2, 0.25) is 0 Å². The lowest BCUT2D eigenvalue weighted by Crippen LogP contribution is -2.46. The molecule has 0 aromatic rings. The fourth-order valence-electron chi connectivity index (χ4n) is 1.24. The van der Waals surface area contributed by atoms with Gasteiger partial charge in [0, 0.05) is 0 Å². The fraction of sp³-hybridized carbons (Fsp3) is 0.909. The Hall–Kier alpha value is -0.880. The molecule has 0 aromatic carbocycles. The number of carbonyl (C=O) groups is 1. The largest absolute Gasteiger partial charge is 0.465 e. The van der Waals surface area contributed by atoms with Crippen LogP contribution in [0, 0.1) is 5.92 Å². The highest BCUT2D eigenvalue weighted by molar-refractivity contribution is 5.78. The van der Waals surface area contributed by atoms with Gasteiger partial charge < -0.3 is 4.74 Å². The van der Waals surface area contributed by atoms with Gasteiger partial charge in [-0.2, -0.15) is 22.0 Å². The first kappa shape index (κ1) is 17.1. The first-order chi connectivity index (χ1) is 7.98. The maximum atomic E-state index is 12.5. The number of esters is 1. The Labute approximate surface area is 102 Å². The monoisotopic (exact) mass is 276 g/mol. The van der Waals surface area contributed by atoms with Crippen LogP contribution in [-0.2, 0) is 9.53 Å². The third kappa shape index (κ3) is 5.18. The van der Waals surface area contributed by atoms with Gasteiger partial charge in [0.25, 0.3) is 0 Å². The highest BCUT2D eigenvalue weighted by atomic mass is 19.4. The summed E-state index contributed by atoms with van der Waals surface area (Å²) in [6.45, 7) is 5.20. The molecule has 0 amide bonds. The second-order valence-corrected chi connectivity index (χ2v) is 4.61. The van der Waals surface area contributed by atoms with Crippen LogP contribution < -0.4 is 0 Å². The third-order valence-electron chi connectivity index (χ3n) is 2.31. The summed E-state index contributed by atoms with van der Waals surface area (Å²) >= 11 is 0. The second-order valence-electron chi connectivity index (χ2n) is 4.61. The van der Waals surface area contributed by atoms with Crippen molar-refractivity contribution in [1.29, 1.82) is 0 Å². The molecule has 0 heterocycles. The van der Waals surface area contributed by atoms with Gasteiger partial charge in [-0.3, -0.25) is 0 Å². The molecule has 0 aliphatic heterocycles. The molecule has 18 heavy (non-hydrogen) atoms. The Morgan fingerprint density at radius 1 is 1.06 bits per heavy atom. The summed E-state index contributed by atoms with van der Waals surface area (Å²) in [6, 6.07) is 0. The SMILES string of the molecule is CC(C)CCCC(C)OC(=O)C(F)(F)C(F)(F)F. The van der Waals surface area contributed by atoms with Crippen LogP contribution in [0.4, 0.5) is 22.0 Å². The molecule has 0 aliphatic carbocycles. The number of hydrogen-bond acceptors (Lipinski definition) is 2. The maximum absolute atomic E-state index is 12.5. The first-order valence-corrected chi connectivity index (χ1v) is 5.64. The number of rotatable bonds is 6. The molecule has 108 valence electrons. The Morgan fingerprint density at radius 3 is 1.94 bits per heavy atom. The first-order valence-electron chi connectivity index (χ1n) is 5.64. The van der Waals surface area contributed by atoms with Crippen LogP contribution in [0.25, 0.3) is 0 Å².